The molecule has 0 aliphatic rings. The Morgan fingerprint density at radius 3 is 2.04 bits per heavy atom. The van der Waals surface area contributed by atoms with E-state index in [1.807, 2.05) is 60.7 Å². The molecule has 0 fully saturated rings. The highest BCUT2D eigenvalue weighted by atomic mass is 35.5. The van der Waals surface area contributed by atoms with E-state index in [1.165, 1.54) is 0 Å². The third-order valence-corrected chi connectivity index (χ3v) is 4.21. The highest BCUT2D eigenvalue weighted by Crippen LogP contribution is 2.30. The van der Waals surface area contributed by atoms with Gasteiger partial charge in [0.1, 0.15) is 0 Å². The largest absolute Gasteiger partial charge is 0.256 e. The molecule has 0 amide bonds. The zero-order valence-electron chi connectivity index (χ0n) is 13.4. The van der Waals surface area contributed by atoms with Gasteiger partial charge in [-0.3, -0.25) is 4.98 Å². The SMILES string of the molecule is Clc1cc(N=C(c2ccccc2)c2ccccc2)c2cccnc2c1. The van der Waals surface area contributed by atoms with Gasteiger partial charge in [0.05, 0.1) is 16.9 Å². The molecule has 1 aromatic heterocycles. The van der Waals surface area contributed by atoms with Crippen molar-refractivity contribution in [1.29, 1.82) is 0 Å². The van der Waals surface area contributed by atoms with Crippen LogP contribution >= 0.6 is 11.6 Å². The summed E-state index contributed by atoms with van der Waals surface area (Å²) < 4.78 is 0. The van der Waals surface area contributed by atoms with Crippen LogP contribution in [-0.2, 0) is 0 Å². The van der Waals surface area contributed by atoms with E-state index < -0.39 is 0 Å². The molecule has 0 radical (unpaired) electrons. The molecule has 4 aromatic rings. The quantitative estimate of drug-likeness (QED) is 0.415. The third kappa shape index (κ3) is 3.30. The number of aromatic nitrogens is 1. The standard InChI is InChI=1S/C22H15ClN2/c23-18-14-20-19(12-7-13-24-20)21(15-18)25-22(16-8-3-1-4-9-16)17-10-5-2-6-11-17/h1-15H. The van der Waals surface area contributed by atoms with E-state index >= 15 is 0 Å². The smallest absolute Gasteiger partial charge is 0.0781 e. The van der Waals surface area contributed by atoms with Gasteiger partial charge >= 0.3 is 0 Å². The van der Waals surface area contributed by atoms with Gasteiger partial charge in [0.2, 0.25) is 0 Å². The zero-order chi connectivity index (χ0) is 17.1. The molecular formula is C22H15ClN2. The Morgan fingerprint density at radius 2 is 1.40 bits per heavy atom. The second-order valence-corrected chi connectivity index (χ2v) is 6.12. The number of nitrogens with zero attached hydrogens (tertiary/aromatic N) is 2. The molecule has 0 unspecified atom stereocenters. The minimum Gasteiger partial charge on any atom is -0.256 e. The summed E-state index contributed by atoms with van der Waals surface area (Å²) in [7, 11) is 0. The molecule has 3 aromatic carbocycles. The topological polar surface area (TPSA) is 25.2 Å². The van der Waals surface area contributed by atoms with Crippen LogP contribution in [0.5, 0.6) is 0 Å². The number of rotatable bonds is 3. The van der Waals surface area contributed by atoms with Crippen LogP contribution in [0.3, 0.4) is 0 Å². The van der Waals surface area contributed by atoms with Crippen molar-refractivity contribution in [3.8, 4) is 0 Å². The number of pyridine rings is 1. The van der Waals surface area contributed by atoms with Crippen molar-refractivity contribution >= 4 is 33.9 Å². The molecule has 0 saturated heterocycles. The molecule has 0 saturated carbocycles. The highest BCUT2D eigenvalue weighted by Gasteiger charge is 2.09. The fraction of sp³-hybridized carbons (Fsp3) is 0. The third-order valence-electron chi connectivity index (χ3n) is 3.99. The van der Waals surface area contributed by atoms with E-state index in [1.54, 1.807) is 6.20 Å². The van der Waals surface area contributed by atoms with Gasteiger partial charge in [-0.2, -0.15) is 0 Å². The van der Waals surface area contributed by atoms with E-state index in [2.05, 4.69) is 29.2 Å². The molecule has 120 valence electrons. The first-order valence-electron chi connectivity index (χ1n) is 8.05. The summed E-state index contributed by atoms with van der Waals surface area (Å²) in [6, 6.07) is 28.0. The van der Waals surface area contributed by atoms with E-state index in [0.717, 1.165) is 33.4 Å². The zero-order valence-corrected chi connectivity index (χ0v) is 14.2. The van der Waals surface area contributed by atoms with Gasteiger partial charge in [-0.15, -0.1) is 0 Å². The number of hydrogen-bond acceptors (Lipinski definition) is 2. The molecule has 0 bridgehead atoms. The van der Waals surface area contributed by atoms with Gasteiger partial charge in [0, 0.05) is 27.7 Å². The second-order valence-electron chi connectivity index (χ2n) is 5.69. The fourth-order valence-electron chi connectivity index (χ4n) is 2.83. The van der Waals surface area contributed by atoms with Crippen molar-refractivity contribution < 1.29 is 0 Å². The van der Waals surface area contributed by atoms with Gasteiger partial charge in [0.25, 0.3) is 0 Å². The Hall–Kier alpha value is -2.97. The van der Waals surface area contributed by atoms with E-state index in [-0.39, 0.29) is 0 Å². The monoisotopic (exact) mass is 342 g/mol. The molecule has 4 rings (SSSR count). The van der Waals surface area contributed by atoms with Gasteiger partial charge in [-0.1, -0.05) is 72.3 Å². The van der Waals surface area contributed by atoms with Crippen molar-refractivity contribution in [2.45, 2.75) is 0 Å². The average Bonchev–Trinajstić information content (AvgIpc) is 2.67. The van der Waals surface area contributed by atoms with Crippen LogP contribution in [0.4, 0.5) is 5.69 Å². The predicted molar refractivity (Wildman–Crippen MR) is 105 cm³/mol. The van der Waals surface area contributed by atoms with Crippen LogP contribution in [0.2, 0.25) is 5.02 Å². The van der Waals surface area contributed by atoms with Crippen molar-refractivity contribution in [2.24, 2.45) is 4.99 Å². The van der Waals surface area contributed by atoms with Gasteiger partial charge < -0.3 is 0 Å². The van der Waals surface area contributed by atoms with Crippen LogP contribution in [-0.4, -0.2) is 10.7 Å². The molecule has 0 aliphatic heterocycles. The summed E-state index contributed by atoms with van der Waals surface area (Å²) in [5.74, 6) is 0. The number of hydrogen-bond donors (Lipinski definition) is 0. The Kier molecular flexibility index (Phi) is 4.28. The van der Waals surface area contributed by atoms with Crippen molar-refractivity contribution in [3.63, 3.8) is 0 Å². The van der Waals surface area contributed by atoms with Crippen molar-refractivity contribution in [2.75, 3.05) is 0 Å². The summed E-state index contributed by atoms with van der Waals surface area (Å²) in [6.07, 6.45) is 1.77. The van der Waals surface area contributed by atoms with E-state index in [0.29, 0.717) is 5.02 Å². The van der Waals surface area contributed by atoms with Crippen LogP contribution in [0.25, 0.3) is 10.9 Å². The number of aliphatic imine (C=N–C) groups is 1. The Labute approximate surface area is 151 Å². The summed E-state index contributed by atoms with van der Waals surface area (Å²) in [5.41, 5.74) is 4.69. The fourth-order valence-corrected chi connectivity index (χ4v) is 3.04. The van der Waals surface area contributed by atoms with Crippen molar-refractivity contribution in [3.05, 3.63) is 107 Å². The Morgan fingerprint density at radius 1 is 0.760 bits per heavy atom. The lowest BCUT2D eigenvalue weighted by atomic mass is 10.0. The van der Waals surface area contributed by atoms with Gasteiger partial charge in [-0.05, 0) is 24.3 Å². The van der Waals surface area contributed by atoms with Crippen LogP contribution in [0.1, 0.15) is 11.1 Å². The first kappa shape index (κ1) is 15.6. The summed E-state index contributed by atoms with van der Waals surface area (Å²) >= 11 is 6.29. The molecule has 25 heavy (non-hydrogen) atoms. The minimum atomic E-state index is 0.630. The number of fused-ring (bicyclic) bond motifs is 1. The Balaban J connectivity index is 1.97. The molecule has 0 atom stereocenters. The highest BCUT2D eigenvalue weighted by molar-refractivity contribution is 6.32. The van der Waals surface area contributed by atoms with Crippen LogP contribution in [0, 0.1) is 0 Å². The molecule has 0 spiro atoms. The summed E-state index contributed by atoms with van der Waals surface area (Å²) in [6.45, 7) is 0. The Bertz CT molecular complexity index is 1000. The maximum Gasteiger partial charge on any atom is 0.0781 e. The van der Waals surface area contributed by atoms with Crippen LogP contribution < -0.4 is 0 Å². The first-order chi connectivity index (χ1) is 12.3. The second kappa shape index (κ2) is 6.88. The molecule has 0 N–H and O–H groups in total. The van der Waals surface area contributed by atoms with Crippen molar-refractivity contribution in [1.82, 2.24) is 4.98 Å². The van der Waals surface area contributed by atoms with Gasteiger partial charge in [-0.25, -0.2) is 4.99 Å². The van der Waals surface area contributed by atoms with E-state index in [4.69, 9.17) is 16.6 Å². The first-order valence-corrected chi connectivity index (χ1v) is 8.43. The molecule has 2 nitrogen and oxygen atoms in total. The summed E-state index contributed by atoms with van der Waals surface area (Å²) in [4.78, 5) is 9.38. The molecular weight excluding hydrogens is 328 g/mol. The lowest BCUT2D eigenvalue weighted by Gasteiger charge is -2.09. The minimum absolute atomic E-state index is 0.630. The number of benzene rings is 3. The molecule has 1 heterocycles. The lowest BCUT2D eigenvalue weighted by molar-refractivity contribution is 1.40. The van der Waals surface area contributed by atoms with Crippen LogP contribution in [0.15, 0.2) is 96.1 Å². The van der Waals surface area contributed by atoms with E-state index in [9.17, 15) is 0 Å². The molecule has 3 heteroatoms. The molecule has 0 aliphatic carbocycles. The number of halogens is 1. The summed E-state index contributed by atoms with van der Waals surface area (Å²) in [5, 5.41) is 1.61. The maximum absolute atomic E-state index is 6.29. The van der Waals surface area contributed by atoms with Gasteiger partial charge in [0.15, 0.2) is 0 Å². The average molecular weight is 343 g/mol. The predicted octanol–water partition coefficient (Wildman–Crippen LogP) is 6.06. The normalized spacial score (nSPS) is 10.6. The lowest BCUT2D eigenvalue weighted by Crippen LogP contribution is -2.02. The maximum atomic E-state index is 6.29.